The molecule has 1 aliphatic heterocycles. The van der Waals surface area contributed by atoms with E-state index < -0.39 is 23.7 Å². The van der Waals surface area contributed by atoms with Crippen LogP contribution in [0.2, 0.25) is 0 Å². The highest BCUT2D eigenvalue weighted by molar-refractivity contribution is 5.84. The molecule has 0 unspecified atom stereocenters. The molecule has 1 heterocycles. The Bertz CT molecular complexity index is 1180. The van der Waals surface area contributed by atoms with Gasteiger partial charge in [-0.05, 0) is 35.7 Å². The fraction of sp³-hybridized carbons (Fsp3) is 0.167. The Labute approximate surface area is 166 Å². The topological polar surface area (TPSA) is 18.5 Å². The predicted octanol–water partition coefficient (Wildman–Crippen LogP) is 4.95. The van der Waals surface area contributed by atoms with Crippen molar-refractivity contribution in [3.63, 3.8) is 0 Å². The third kappa shape index (κ3) is 3.98. The van der Waals surface area contributed by atoms with Gasteiger partial charge in [-0.1, -0.05) is 36.0 Å². The van der Waals surface area contributed by atoms with E-state index in [-0.39, 0.29) is 16.9 Å². The van der Waals surface area contributed by atoms with Crippen LogP contribution < -0.4 is 0 Å². The predicted molar refractivity (Wildman–Crippen MR) is 103 cm³/mol. The normalized spacial score (nSPS) is 18.7. The standard InChI is InChI=1S/C24H15F3O2/c1-2-15-13-28-24(29-14-15)19-7-6-17(22(26)12-19)5-3-16-4-9-20-18(11-16)8-10-21(25)23(20)27/h1,4,6-12,15,24H,13-14H2. The minimum Gasteiger partial charge on any atom is -0.347 e. The lowest BCUT2D eigenvalue weighted by atomic mass is 10.1. The smallest absolute Gasteiger partial charge is 0.184 e. The van der Waals surface area contributed by atoms with E-state index in [2.05, 4.69) is 17.8 Å². The molecule has 0 atom stereocenters. The van der Waals surface area contributed by atoms with Crippen LogP contribution in [0.3, 0.4) is 0 Å². The molecule has 0 spiro atoms. The van der Waals surface area contributed by atoms with E-state index >= 15 is 0 Å². The van der Waals surface area contributed by atoms with Gasteiger partial charge in [-0.25, -0.2) is 13.2 Å². The van der Waals surface area contributed by atoms with Crippen LogP contribution in [0.5, 0.6) is 0 Å². The molecule has 1 aliphatic rings. The highest BCUT2D eigenvalue weighted by atomic mass is 19.2. The molecule has 0 bridgehead atoms. The maximum absolute atomic E-state index is 14.5. The second-order valence-corrected chi connectivity index (χ2v) is 6.65. The molecule has 1 fully saturated rings. The van der Waals surface area contributed by atoms with Gasteiger partial charge in [0.15, 0.2) is 17.9 Å². The van der Waals surface area contributed by atoms with Gasteiger partial charge in [-0.15, -0.1) is 6.42 Å². The van der Waals surface area contributed by atoms with E-state index in [1.54, 1.807) is 24.3 Å². The first-order chi connectivity index (χ1) is 14.0. The van der Waals surface area contributed by atoms with Crippen molar-refractivity contribution < 1.29 is 22.6 Å². The van der Waals surface area contributed by atoms with Crippen LogP contribution in [0.15, 0.2) is 48.5 Å². The maximum Gasteiger partial charge on any atom is 0.184 e. The minimum absolute atomic E-state index is 0.104. The molecule has 0 amide bonds. The van der Waals surface area contributed by atoms with E-state index in [9.17, 15) is 13.2 Å². The number of hydrogen-bond acceptors (Lipinski definition) is 2. The van der Waals surface area contributed by atoms with Crippen LogP contribution in [0, 0.1) is 47.6 Å². The van der Waals surface area contributed by atoms with Gasteiger partial charge in [0.2, 0.25) is 0 Å². The van der Waals surface area contributed by atoms with Crippen molar-refractivity contribution in [1.82, 2.24) is 0 Å². The summed E-state index contributed by atoms with van der Waals surface area (Å²) in [6, 6.07) is 11.7. The average molecular weight is 392 g/mol. The third-order valence-electron chi connectivity index (χ3n) is 4.65. The van der Waals surface area contributed by atoms with Gasteiger partial charge in [-0.3, -0.25) is 0 Å². The summed E-state index contributed by atoms with van der Waals surface area (Å²) in [4.78, 5) is 0. The van der Waals surface area contributed by atoms with Crippen molar-refractivity contribution in [2.75, 3.05) is 13.2 Å². The van der Waals surface area contributed by atoms with Crippen molar-refractivity contribution in [3.8, 4) is 24.2 Å². The molecular weight excluding hydrogens is 377 g/mol. The Balaban J connectivity index is 1.55. The molecule has 5 heteroatoms. The minimum atomic E-state index is -0.903. The zero-order chi connectivity index (χ0) is 20.4. The van der Waals surface area contributed by atoms with Gasteiger partial charge < -0.3 is 9.47 Å². The highest BCUT2D eigenvalue weighted by Gasteiger charge is 2.22. The molecule has 0 aromatic heterocycles. The van der Waals surface area contributed by atoms with Crippen LogP contribution >= 0.6 is 0 Å². The van der Waals surface area contributed by atoms with Crippen LogP contribution in [-0.2, 0) is 9.47 Å². The van der Waals surface area contributed by atoms with Crippen molar-refractivity contribution in [1.29, 1.82) is 0 Å². The SMILES string of the molecule is C#CC1COC(c2ccc(C#Cc3ccc4c(F)c(F)ccc4c3)c(F)c2)OC1. The van der Waals surface area contributed by atoms with E-state index in [1.165, 1.54) is 18.2 Å². The van der Waals surface area contributed by atoms with Crippen LogP contribution in [0.4, 0.5) is 13.2 Å². The number of terminal acetylenes is 1. The molecule has 0 saturated carbocycles. The lowest BCUT2D eigenvalue weighted by Crippen LogP contribution is -2.26. The third-order valence-corrected chi connectivity index (χ3v) is 4.65. The van der Waals surface area contributed by atoms with Crippen LogP contribution in [0.25, 0.3) is 10.8 Å². The summed E-state index contributed by atoms with van der Waals surface area (Å²) < 4.78 is 52.6. The fourth-order valence-corrected chi connectivity index (χ4v) is 3.05. The number of ether oxygens (including phenoxy) is 2. The highest BCUT2D eigenvalue weighted by Crippen LogP contribution is 2.26. The van der Waals surface area contributed by atoms with Gasteiger partial charge in [0.05, 0.1) is 24.7 Å². The summed E-state index contributed by atoms with van der Waals surface area (Å²) >= 11 is 0. The van der Waals surface area contributed by atoms with E-state index in [1.807, 2.05) is 0 Å². The Morgan fingerprint density at radius 1 is 0.862 bits per heavy atom. The number of halogens is 3. The van der Waals surface area contributed by atoms with Crippen molar-refractivity contribution in [2.24, 2.45) is 5.92 Å². The number of fused-ring (bicyclic) bond motifs is 1. The van der Waals surface area contributed by atoms with Crippen molar-refractivity contribution in [2.45, 2.75) is 6.29 Å². The van der Waals surface area contributed by atoms with Gasteiger partial charge in [0.1, 0.15) is 5.82 Å². The lowest BCUT2D eigenvalue weighted by Gasteiger charge is -2.27. The van der Waals surface area contributed by atoms with Crippen molar-refractivity contribution in [3.05, 3.63) is 82.7 Å². The molecule has 4 rings (SSSR count). The average Bonchev–Trinajstić information content (AvgIpc) is 2.75. The molecule has 0 aliphatic carbocycles. The number of rotatable bonds is 1. The molecule has 29 heavy (non-hydrogen) atoms. The van der Waals surface area contributed by atoms with E-state index in [0.717, 1.165) is 6.07 Å². The van der Waals surface area contributed by atoms with E-state index in [4.69, 9.17) is 15.9 Å². The molecular formula is C24H15F3O2. The maximum atomic E-state index is 14.5. The quantitative estimate of drug-likeness (QED) is 0.546. The Morgan fingerprint density at radius 3 is 2.38 bits per heavy atom. The number of hydrogen-bond donors (Lipinski definition) is 0. The molecule has 2 nitrogen and oxygen atoms in total. The molecule has 144 valence electrons. The van der Waals surface area contributed by atoms with Crippen LogP contribution in [-0.4, -0.2) is 13.2 Å². The van der Waals surface area contributed by atoms with E-state index in [0.29, 0.717) is 29.7 Å². The first kappa shape index (κ1) is 19.1. The zero-order valence-corrected chi connectivity index (χ0v) is 15.2. The first-order valence-electron chi connectivity index (χ1n) is 8.93. The molecule has 0 radical (unpaired) electrons. The van der Waals surface area contributed by atoms with Gasteiger partial charge in [-0.2, -0.15) is 0 Å². The summed E-state index contributed by atoms with van der Waals surface area (Å²) in [5.41, 5.74) is 1.31. The van der Waals surface area contributed by atoms with Gasteiger partial charge in [0, 0.05) is 16.5 Å². The molecule has 1 saturated heterocycles. The lowest BCUT2D eigenvalue weighted by molar-refractivity contribution is -0.196. The monoisotopic (exact) mass is 392 g/mol. The van der Waals surface area contributed by atoms with Gasteiger partial charge >= 0.3 is 0 Å². The fourth-order valence-electron chi connectivity index (χ4n) is 3.05. The molecule has 0 N–H and O–H groups in total. The summed E-state index contributed by atoms with van der Waals surface area (Å²) in [5, 5.41) is 0.689. The number of benzene rings is 3. The summed E-state index contributed by atoms with van der Waals surface area (Å²) in [6.45, 7) is 0.716. The summed E-state index contributed by atoms with van der Waals surface area (Å²) in [5.74, 6) is 5.77. The second kappa shape index (κ2) is 8.01. The molecule has 3 aromatic rings. The Morgan fingerprint density at radius 2 is 1.66 bits per heavy atom. The summed E-state index contributed by atoms with van der Waals surface area (Å²) in [6.07, 6.45) is 4.68. The zero-order valence-electron chi connectivity index (χ0n) is 15.2. The second-order valence-electron chi connectivity index (χ2n) is 6.65. The van der Waals surface area contributed by atoms with Crippen molar-refractivity contribution >= 4 is 10.8 Å². The Hall–Kier alpha value is -3.25. The summed E-state index contributed by atoms with van der Waals surface area (Å²) in [7, 11) is 0. The van der Waals surface area contributed by atoms with Crippen LogP contribution in [0.1, 0.15) is 23.0 Å². The Kier molecular flexibility index (Phi) is 5.27. The van der Waals surface area contributed by atoms with Gasteiger partial charge in [0.25, 0.3) is 0 Å². The first-order valence-corrected chi connectivity index (χ1v) is 8.93. The molecule has 3 aromatic carbocycles. The largest absolute Gasteiger partial charge is 0.347 e.